The first-order chi connectivity index (χ1) is 5.70. The Labute approximate surface area is 72.6 Å². The van der Waals surface area contributed by atoms with E-state index in [1.165, 1.54) is 6.20 Å². The minimum Gasteiger partial charge on any atom is -0.352 e. The van der Waals surface area contributed by atoms with Gasteiger partial charge in [0, 0.05) is 6.08 Å². The lowest BCUT2D eigenvalue weighted by Crippen LogP contribution is -2.11. The van der Waals surface area contributed by atoms with E-state index < -0.39 is 0 Å². The zero-order valence-electron chi connectivity index (χ0n) is 5.77. The van der Waals surface area contributed by atoms with Gasteiger partial charge in [-0.05, 0) is 0 Å². The number of carbonyl (C=O) groups is 2. The van der Waals surface area contributed by atoms with Crippen LogP contribution in [0.3, 0.4) is 0 Å². The molecule has 0 amide bonds. The van der Waals surface area contributed by atoms with Gasteiger partial charge in [-0.1, -0.05) is 5.16 Å². The van der Waals surface area contributed by atoms with Gasteiger partial charge in [0.2, 0.25) is 17.3 Å². The number of fused-ring (bicyclic) bond motifs is 1. The summed E-state index contributed by atoms with van der Waals surface area (Å²) in [6, 6.07) is 0. The Morgan fingerprint density at radius 1 is 1.42 bits per heavy atom. The number of hydrogen-bond donors (Lipinski definition) is 1. The molecule has 60 valence electrons. The van der Waals surface area contributed by atoms with E-state index in [1.54, 1.807) is 0 Å². The summed E-state index contributed by atoms with van der Waals surface area (Å²) in [6.45, 7) is 0. The fourth-order valence-corrected chi connectivity index (χ4v) is 1.21. The summed E-state index contributed by atoms with van der Waals surface area (Å²) < 4.78 is 4.59. The van der Waals surface area contributed by atoms with Crippen LogP contribution in [0, 0.1) is 0 Å². The van der Waals surface area contributed by atoms with Crippen molar-refractivity contribution < 1.29 is 14.1 Å². The van der Waals surface area contributed by atoms with Crippen LogP contribution >= 0.6 is 12.6 Å². The fourth-order valence-electron chi connectivity index (χ4n) is 0.972. The standard InChI is InChI=1S/C7H3NO3S/c9-4-1-5(12)6(10)3-2-8-11-7(3)4/h1-2,12H. The highest BCUT2D eigenvalue weighted by Gasteiger charge is 2.27. The van der Waals surface area contributed by atoms with Gasteiger partial charge in [0.15, 0.2) is 0 Å². The zero-order chi connectivity index (χ0) is 8.72. The molecule has 1 aromatic rings. The smallest absolute Gasteiger partial charge is 0.225 e. The zero-order valence-corrected chi connectivity index (χ0v) is 6.67. The van der Waals surface area contributed by atoms with Crippen molar-refractivity contribution >= 4 is 24.2 Å². The second-order valence-corrected chi connectivity index (χ2v) is 2.77. The van der Waals surface area contributed by atoms with Crippen molar-refractivity contribution in [3.05, 3.63) is 28.5 Å². The van der Waals surface area contributed by atoms with Crippen LogP contribution in [0.1, 0.15) is 20.9 Å². The van der Waals surface area contributed by atoms with Crippen molar-refractivity contribution in [1.82, 2.24) is 5.16 Å². The second-order valence-electron chi connectivity index (χ2n) is 2.29. The van der Waals surface area contributed by atoms with Gasteiger partial charge in [-0.25, -0.2) is 0 Å². The van der Waals surface area contributed by atoms with Crippen LogP contribution in [-0.4, -0.2) is 16.7 Å². The molecule has 2 rings (SSSR count). The number of nitrogens with zero attached hydrogens (tertiary/aromatic N) is 1. The van der Waals surface area contributed by atoms with Gasteiger partial charge in [-0.2, -0.15) is 0 Å². The van der Waals surface area contributed by atoms with Crippen LogP contribution in [0.4, 0.5) is 0 Å². The SMILES string of the molecule is O=C1C(S)=CC(=O)c2oncc21. The number of allylic oxidation sites excluding steroid dienone is 2. The summed E-state index contributed by atoms with van der Waals surface area (Å²) in [7, 11) is 0. The largest absolute Gasteiger partial charge is 0.352 e. The number of aromatic nitrogens is 1. The summed E-state index contributed by atoms with van der Waals surface area (Å²) in [6.07, 6.45) is 2.34. The summed E-state index contributed by atoms with van der Waals surface area (Å²) in [4.78, 5) is 22.4. The lowest BCUT2D eigenvalue weighted by molar-refractivity contribution is 0.0968. The number of ketones is 2. The maximum Gasteiger partial charge on any atom is 0.225 e. The van der Waals surface area contributed by atoms with Crippen molar-refractivity contribution in [3.8, 4) is 0 Å². The molecule has 0 unspecified atom stereocenters. The molecule has 0 aliphatic heterocycles. The van der Waals surface area contributed by atoms with Crippen molar-refractivity contribution in [2.45, 2.75) is 0 Å². The van der Waals surface area contributed by atoms with Crippen LogP contribution < -0.4 is 0 Å². The molecule has 0 fully saturated rings. The van der Waals surface area contributed by atoms with Gasteiger partial charge in [0.05, 0.1) is 16.7 Å². The molecule has 0 saturated carbocycles. The number of thiol groups is 1. The molecule has 0 aromatic carbocycles. The summed E-state index contributed by atoms with van der Waals surface area (Å²) >= 11 is 3.84. The van der Waals surface area contributed by atoms with E-state index in [2.05, 4.69) is 22.3 Å². The lowest BCUT2D eigenvalue weighted by Gasteiger charge is -2.02. The van der Waals surface area contributed by atoms with Crippen molar-refractivity contribution in [3.63, 3.8) is 0 Å². The third-order valence-corrected chi connectivity index (χ3v) is 1.87. The van der Waals surface area contributed by atoms with Gasteiger partial charge in [-0.15, -0.1) is 12.6 Å². The molecule has 0 spiro atoms. The number of Topliss-reactive ketones (excluding diaryl/α,β-unsaturated/α-hetero) is 1. The van der Waals surface area contributed by atoms with Crippen molar-refractivity contribution in [2.24, 2.45) is 0 Å². The molecule has 0 bridgehead atoms. The first-order valence-electron chi connectivity index (χ1n) is 3.14. The molecule has 12 heavy (non-hydrogen) atoms. The molecule has 0 saturated heterocycles. The fraction of sp³-hybridized carbons (Fsp3) is 0. The Morgan fingerprint density at radius 3 is 2.92 bits per heavy atom. The maximum absolute atomic E-state index is 11.2. The second kappa shape index (κ2) is 2.31. The Morgan fingerprint density at radius 2 is 2.17 bits per heavy atom. The number of rotatable bonds is 0. The predicted octanol–water partition coefficient (Wildman–Crippen LogP) is 0.867. The molecule has 1 heterocycles. The molecule has 0 N–H and O–H groups in total. The first-order valence-corrected chi connectivity index (χ1v) is 3.59. The molecule has 0 atom stereocenters. The number of hydrogen-bond acceptors (Lipinski definition) is 5. The Hall–Kier alpha value is -1.36. The molecule has 1 aromatic heterocycles. The molecule has 5 heteroatoms. The van der Waals surface area contributed by atoms with E-state index >= 15 is 0 Å². The van der Waals surface area contributed by atoms with Gasteiger partial charge in [0.1, 0.15) is 0 Å². The van der Waals surface area contributed by atoms with Crippen LogP contribution in [0.15, 0.2) is 21.7 Å². The van der Waals surface area contributed by atoms with Crippen LogP contribution in [0.5, 0.6) is 0 Å². The minimum absolute atomic E-state index is 0.00204. The normalized spacial score (nSPS) is 15.9. The summed E-state index contributed by atoms with van der Waals surface area (Å²) in [5.74, 6) is -0.695. The van der Waals surface area contributed by atoms with Gasteiger partial charge in [0.25, 0.3) is 0 Å². The molecule has 1 aliphatic carbocycles. The Bertz CT molecular complexity index is 405. The van der Waals surface area contributed by atoms with Crippen molar-refractivity contribution in [2.75, 3.05) is 0 Å². The molecule has 0 radical (unpaired) electrons. The summed E-state index contributed by atoms with van der Waals surface area (Å²) in [5, 5.41) is 3.36. The van der Waals surface area contributed by atoms with E-state index in [1.807, 2.05) is 0 Å². The maximum atomic E-state index is 11.2. The third kappa shape index (κ3) is 0.831. The van der Waals surface area contributed by atoms with Crippen LogP contribution in [-0.2, 0) is 0 Å². The van der Waals surface area contributed by atoms with Crippen LogP contribution in [0.25, 0.3) is 0 Å². The first kappa shape index (κ1) is 7.30. The minimum atomic E-state index is -0.368. The van der Waals surface area contributed by atoms with E-state index in [-0.39, 0.29) is 27.8 Å². The highest BCUT2D eigenvalue weighted by Crippen LogP contribution is 2.22. The lowest BCUT2D eigenvalue weighted by atomic mass is 10.0. The van der Waals surface area contributed by atoms with Gasteiger partial charge < -0.3 is 4.52 Å². The average molecular weight is 181 g/mol. The van der Waals surface area contributed by atoms with E-state index in [0.717, 1.165) is 6.08 Å². The highest BCUT2D eigenvalue weighted by molar-refractivity contribution is 7.85. The van der Waals surface area contributed by atoms with Crippen molar-refractivity contribution in [1.29, 1.82) is 0 Å². The molecule has 4 nitrogen and oxygen atoms in total. The average Bonchev–Trinajstić information content (AvgIpc) is 2.48. The summed E-state index contributed by atoms with van der Waals surface area (Å²) in [5.41, 5.74) is 0.188. The van der Waals surface area contributed by atoms with E-state index in [0.29, 0.717) is 0 Å². The predicted molar refractivity (Wildman–Crippen MR) is 42.2 cm³/mol. The van der Waals surface area contributed by atoms with E-state index in [4.69, 9.17) is 0 Å². The van der Waals surface area contributed by atoms with Gasteiger partial charge in [-0.3, -0.25) is 9.59 Å². The van der Waals surface area contributed by atoms with E-state index in [9.17, 15) is 9.59 Å². The van der Waals surface area contributed by atoms with Crippen LogP contribution in [0.2, 0.25) is 0 Å². The highest BCUT2D eigenvalue weighted by atomic mass is 32.1. The topological polar surface area (TPSA) is 60.2 Å². The number of carbonyl (C=O) groups excluding carboxylic acids is 2. The quantitative estimate of drug-likeness (QED) is 0.603. The Kier molecular flexibility index (Phi) is 1.41. The Balaban J connectivity index is 2.67. The molecular formula is C7H3NO3S. The third-order valence-electron chi connectivity index (χ3n) is 1.54. The van der Waals surface area contributed by atoms with Gasteiger partial charge >= 0.3 is 0 Å². The molecule has 1 aliphatic rings. The monoisotopic (exact) mass is 181 g/mol. The molecular weight excluding hydrogens is 178 g/mol.